The van der Waals surface area contributed by atoms with E-state index in [0.717, 1.165) is 20.2 Å². The van der Waals surface area contributed by atoms with Crippen LogP contribution in [0.2, 0.25) is 20.1 Å². The van der Waals surface area contributed by atoms with Gasteiger partial charge in [-0.15, -0.1) is 11.3 Å². The Balaban J connectivity index is 2.56. The SMILES string of the molecule is Clc1cc(Cl)c2c(c1)sc1cc(Cl)c(Cl)cc12. The van der Waals surface area contributed by atoms with E-state index in [1.807, 2.05) is 18.2 Å². The molecule has 0 saturated carbocycles. The minimum Gasteiger partial charge on any atom is -0.135 e. The fourth-order valence-corrected chi connectivity index (χ4v) is 4.12. The summed E-state index contributed by atoms with van der Waals surface area (Å²) in [6.45, 7) is 0. The summed E-state index contributed by atoms with van der Waals surface area (Å²) in [7, 11) is 0. The summed E-state index contributed by atoms with van der Waals surface area (Å²) in [6.07, 6.45) is 0. The van der Waals surface area contributed by atoms with E-state index < -0.39 is 0 Å². The van der Waals surface area contributed by atoms with Gasteiger partial charge in [0, 0.05) is 25.2 Å². The van der Waals surface area contributed by atoms with E-state index in [1.54, 1.807) is 17.4 Å². The monoisotopic (exact) mass is 320 g/mol. The molecule has 0 nitrogen and oxygen atoms in total. The summed E-state index contributed by atoms with van der Waals surface area (Å²) in [4.78, 5) is 0. The molecule has 0 bridgehead atoms. The van der Waals surface area contributed by atoms with Crippen LogP contribution in [0.3, 0.4) is 0 Å². The molecule has 0 aliphatic rings. The Hall–Kier alpha value is -0.180. The molecular formula is C12H4Cl4S. The van der Waals surface area contributed by atoms with Crippen LogP contribution in [0.15, 0.2) is 24.3 Å². The standard InChI is InChI=1S/C12H4Cl4S/c13-5-1-9(16)12-6-3-7(14)8(15)4-10(6)17-11(12)2-5/h1-4H. The molecule has 0 radical (unpaired) electrons. The molecule has 0 aliphatic carbocycles. The zero-order valence-corrected chi connectivity index (χ0v) is 12.1. The topological polar surface area (TPSA) is 0 Å². The molecule has 0 spiro atoms. The second kappa shape index (κ2) is 4.18. The number of rotatable bonds is 0. The number of fused-ring (bicyclic) bond motifs is 3. The molecule has 0 N–H and O–H groups in total. The van der Waals surface area contributed by atoms with Gasteiger partial charge in [0.25, 0.3) is 0 Å². The zero-order valence-electron chi connectivity index (χ0n) is 8.23. The molecule has 0 aliphatic heterocycles. The molecule has 0 fully saturated rings. The number of thiophene rings is 1. The highest BCUT2D eigenvalue weighted by atomic mass is 35.5. The van der Waals surface area contributed by atoms with Crippen molar-refractivity contribution in [2.45, 2.75) is 0 Å². The smallest absolute Gasteiger partial charge is 0.0606 e. The first-order chi connectivity index (χ1) is 8.06. The molecule has 86 valence electrons. The number of benzene rings is 2. The zero-order chi connectivity index (χ0) is 12.2. The quantitative estimate of drug-likeness (QED) is 0.434. The first-order valence-electron chi connectivity index (χ1n) is 4.72. The molecule has 3 aromatic rings. The molecule has 0 saturated heterocycles. The van der Waals surface area contributed by atoms with Crippen LogP contribution in [-0.4, -0.2) is 0 Å². The van der Waals surface area contributed by atoms with Gasteiger partial charge in [-0.2, -0.15) is 0 Å². The fourth-order valence-electron chi connectivity index (χ4n) is 1.82. The third-order valence-corrected chi connectivity index (χ3v) is 4.87. The van der Waals surface area contributed by atoms with E-state index in [0.29, 0.717) is 20.1 Å². The lowest BCUT2D eigenvalue weighted by Gasteiger charge is -1.98. The van der Waals surface area contributed by atoms with Gasteiger partial charge in [0.1, 0.15) is 0 Å². The van der Waals surface area contributed by atoms with E-state index in [4.69, 9.17) is 46.4 Å². The second-order valence-corrected chi connectivity index (χ2v) is 6.37. The van der Waals surface area contributed by atoms with E-state index in [9.17, 15) is 0 Å². The van der Waals surface area contributed by atoms with Gasteiger partial charge in [-0.3, -0.25) is 0 Å². The van der Waals surface area contributed by atoms with Gasteiger partial charge in [-0.1, -0.05) is 46.4 Å². The Kier molecular flexibility index (Phi) is 2.92. The van der Waals surface area contributed by atoms with Crippen LogP contribution >= 0.6 is 57.7 Å². The molecule has 1 aromatic heterocycles. The van der Waals surface area contributed by atoms with Crippen molar-refractivity contribution in [3.63, 3.8) is 0 Å². The maximum Gasteiger partial charge on any atom is 0.0606 e. The molecule has 1 heterocycles. The molecule has 0 unspecified atom stereocenters. The van der Waals surface area contributed by atoms with Crippen LogP contribution in [-0.2, 0) is 0 Å². The molecular weight excluding hydrogens is 318 g/mol. The van der Waals surface area contributed by atoms with Crippen LogP contribution in [0, 0.1) is 0 Å². The Morgan fingerprint density at radius 1 is 0.706 bits per heavy atom. The van der Waals surface area contributed by atoms with Gasteiger partial charge >= 0.3 is 0 Å². The average molecular weight is 322 g/mol. The van der Waals surface area contributed by atoms with Gasteiger partial charge < -0.3 is 0 Å². The summed E-state index contributed by atoms with van der Waals surface area (Å²) in [5, 5.41) is 4.34. The number of hydrogen-bond acceptors (Lipinski definition) is 1. The third kappa shape index (κ3) is 1.91. The number of halogens is 4. The average Bonchev–Trinajstić information content (AvgIpc) is 2.56. The first-order valence-corrected chi connectivity index (χ1v) is 7.05. The van der Waals surface area contributed by atoms with Crippen LogP contribution < -0.4 is 0 Å². The molecule has 0 amide bonds. The molecule has 2 aromatic carbocycles. The maximum absolute atomic E-state index is 6.22. The normalized spacial score (nSPS) is 11.5. The largest absolute Gasteiger partial charge is 0.135 e. The van der Waals surface area contributed by atoms with Gasteiger partial charge in [0.15, 0.2) is 0 Å². The summed E-state index contributed by atoms with van der Waals surface area (Å²) >= 11 is 25.8. The van der Waals surface area contributed by atoms with E-state index in [2.05, 4.69) is 0 Å². The highest BCUT2D eigenvalue weighted by Gasteiger charge is 2.11. The summed E-state index contributed by atoms with van der Waals surface area (Å²) in [5.41, 5.74) is 0. The lowest BCUT2D eigenvalue weighted by atomic mass is 10.1. The van der Waals surface area contributed by atoms with Gasteiger partial charge in [0.05, 0.1) is 15.1 Å². The molecule has 17 heavy (non-hydrogen) atoms. The van der Waals surface area contributed by atoms with E-state index >= 15 is 0 Å². The van der Waals surface area contributed by atoms with Gasteiger partial charge in [0.2, 0.25) is 0 Å². The summed E-state index contributed by atoms with van der Waals surface area (Å²) < 4.78 is 2.09. The van der Waals surface area contributed by atoms with E-state index in [1.165, 1.54) is 0 Å². The first kappa shape index (κ1) is 11.9. The van der Waals surface area contributed by atoms with Crippen LogP contribution in [0.4, 0.5) is 0 Å². The molecule has 5 heteroatoms. The molecule has 3 rings (SSSR count). The van der Waals surface area contributed by atoms with Gasteiger partial charge in [-0.25, -0.2) is 0 Å². The minimum absolute atomic E-state index is 0.532. The Morgan fingerprint density at radius 2 is 1.41 bits per heavy atom. The number of hydrogen-bond donors (Lipinski definition) is 0. The highest BCUT2D eigenvalue weighted by Crippen LogP contribution is 2.42. The highest BCUT2D eigenvalue weighted by molar-refractivity contribution is 7.26. The van der Waals surface area contributed by atoms with Crippen molar-refractivity contribution in [2.24, 2.45) is 0 Å². The molecule has 0 atom stereocenters. The van der Waals surface area contributed by atoms with Crippen molar-refractivity contribution >= 4 is 77.9 Å². The fraction of sp³-hybridized carbons (Fsp3) is 0. The van der Waals surface area contributed by atoms with Crippen LogP contribution in [0.25, 0.3) is 20.2 Å². The van der Waals surface area contributed by atoms with E-state index in [-0.39, 0.29) is 0 Å². The predicted molar refractivity (Wildman–Crippen MR) is 79.4 cm³/mol. The predicted octanol–water partition coefficient (Wildman–Crippen LogP) is 6.67. The second-order valence-electron chi connectivity index (χ2n) is 3.63. The Bertz CT molecular complexity index is 745. The van der Waals surface area contributed by atoms with Crippen molar-refractivity contribution in [1.29, 1.82) is 0 Å². The third-order valence-electron chi connectivity index (χ3n) is 2.53. The Morgan fingerprint density at radius 3 is 2.18 bits per heavy atom. The van der Waals surface area contributed by atoms with Crippen molar-refractivity contribution in [2.75, 3.05) is 0 Å². The summed E-state index contributed by atoms with van der Waals surface area (Å²) in [5.74, 6) is 0. The maximum atomic E-state index is 6.22. The van der Waals surface area contributed by atoms with Crippen molar-refractivity contribution in [3.8, 4) is 0 Å². The van der Waals surface area contributed by atoms with Crippen LogP contribution in [0.5, 0.6) is 0 Å². The summed E-state index contributed by atoms with van der Waals surface area (Å²) in [6, 6.07) is 7.33. The van der Waals surface area contributed by atoms with Gasteiger partial charge in [-0.05, 0) is 24.3 Å². The van der Waals surface area contributed by atoms with Crippen molar-refractivity contribution in [1.82, 2.24) is 0 Å². The van der Waals surface area contributed by atoms with Crippen molar-refractivity contribution < 1.29 is 0 Å². The lowest BCUT2D eigenvalue weighted by Crippen LogP contribution is -1.72. The lowest BCUT2D eigenvalue weighted by molar-refractivity contribution is 1.82. The Labute approximate surface area is 122 Å². The van der Waals surface area contributed by atoms with Crippen LogP contribution in [0.1, 0.15) is 0 Å². The van der Waals surface area contributed by atoms with Crippen molar-refractivity contribution in [3.05, 3.63) is 44.4 Å². The minimum atomic E-state index is 0.532.